The lowest BCUT2D eigenvalue weighted by Crippen LogP contribution is -2.29. The molecular weight excluding hydrogens is 567 g/mol. The van der Waals surface area contributed by atoms with Gasteiger partial charge in [-0.3, -0.25) is 9.52 Å². The standard InChI is InChI=1S/C27H24Cl2N2O5S2/c1-31(15-14-24(32)26-7-4-16-37-26)27(33)21-17-18(28)8-13-23(21)30-38(34,35)20-11-9-19(10-12-20)36-25-6-3-2-5-22(25)29/h2-13,16-17,24,30,32H,14-15H2,1H3/t24-/m0/s1. The Morgan fingerprint density at radius 2 is 1.79 bits per heavy atom. The molecule has 1 heterocycles. The largest absolute Gasteiger partial charge is 0.456 e. The summed E-state index contributed by atoms with van der Waals surface area (Å²) in [5.74, 6) is 0.414. The number of halogens is 2. The van der Waals surface area contributed by atoms with E-state index in [1.165, 1.54) is 58.7 Å². The van der Waals surface area contributed by atoms with E-state index in [-0.39, 0.29) is 27.7 Å². The van der Waals surface area contributed by atoms with Gasteiger partial charge in [-0.15, -0.1) is 11.3 Å². The zero-order valence-corrected chi connectivity index (χ0v) is 23.3. The van der Waals surface area contributed by atoms with Crippen LogP contribution >= 0.6 is 34.5 Å². The number of benzene rings is 3. The van der Waals surface area contributed by atoms with Crippen molar-refractivity contribution in [3.05, 3.63) is 105 Å². The molecule has 198 valence electrons. The van der Waals surface area contributed by atoms with Crippen molar-refractivity contribution >= 4 is 56.2 Å². The van der Waals surface area contributed by atoms with Gasteiger partial charge in [0.2, 0.25) is 0 Å². The van der Waals surface area contributed by atoms with Crippen LogP contribution in [-0.4, -0.2) is 37.9 Å². The van der Waals surface area contributed by atoms with Crippen molar-refractivity contribution < 1.29 is 23.1 Å². The van der Waals surface area contributed by atoms with Crippen molar-refractivity contribution in [1.82, 2.24) is 4.90 Å². The topological polar surface area (TPSA) is 95.9 Å². The molecule has 0 aliphatic carbocycles. The van der Waals surface area contributed by atoms with Crippen LogP contribution in [-0.2, 0) is 10.0 Å². The third kappa shape index (κ3) is 6.86. The van der Waals surface area contributed by atoms with Crippen molar-refractivity contribution in [3.63, 3.8) is 0 Å². The van der Waals surface area contributed by atoms with E-state index in [2.05, 4.69) is 4.72 Å². The highest BCUT2D eigenvalue weighted by molar-refractivity contribution is 7.92. The molecule has 0 spiro atoms. The molecule has 0 bridgehead atoms. The minimum absolute atomic E-state index is 0.0233. The lowest BCUT2D eigenvalue weighted by atomic mass is 10.1. The number of sulfonamides is 1. The van der Waals surface area contributed by atoms with Gasteiger partial charge in [0.25, 0.3) is 15.9 Å². The Balaban J connectivity index is 1.48. The Bertz CT molecular complexity index is 1510. The van der Waals surface area contributed by atoms with E-state index < -0.39 is 22.0 Å². The van der Waals surface area contributed by atoms with Gasteiger partial charge in [-0.2, -0.15) is 0 Å². The number of anilines is 1. The predicted molar refractivity (Wildman–Crippen MR) is 151 cm³/mol. The van der Waals surface area contributed by atoms with Crippen molar-refractivity contribution in [2.45, 2.75) is 17.4 Å². The summed E-state index contributed by atoms with van der Waals surface area (Å²) in [7, 11) is -2.46. The summed E-state index contributed by atoms with van der Waals surface area (Å²) in [5.41, 5.74) is 0.175. The second-order valence-corrected chi connectivity index (χ2v) is 11.9. The van der Waals surface area contributed by atoms with Gasteiger partial charge in [0.05, 0.1) is 27.3 Å². The van der Waals surface area contributed by atoms with Crippen molar-refractivity contribution in [3.8, 4) is 11.5 Å². The lowest BCUT2D eigenvalue weighted by Gasteiger charge is -2.21. The van der Waals surface area contributed by atoms with Crippen LogP contribution in [0.4, 0.5) is 5.69 Å². The van der Waals surface area contributed by atoms with Crippen LogP contribution < -0.4 is 9.46 Å². The molecule has 1 atom stereocenters. The molecule has 3 aromatic carbocycles. The number of carbonyl (C=O) groups excluding carboxylic acids is 1. The molecule has 11 heteroatoms. The van der Waals surface area contributed by atoms with Crippen molar-refractivity contribution in [2.24, 2.45) is 0 Å². The maximum atomic E-state index is 13.2. The summed E-state index contributed by atoms with van der Waals surface area (Å²) < 4.78 is 34.5. The summed E-state index contributed by atoms with van der Waals surface area (Å²) in [6.45, 7) is 0.253. The van der Waals surface area contributed by atoms with Crippen LogP contribution in [0.2, 0.25) is 10.0 Å². The number of hydrogen-bond acceptors (Lipinski definition) is 6. The fourth-order valence-corrected chi connectivity index (χ4v) is 5.75. The van der Waals surface area contributed by atoms with Crippen molar-refractivity contribution in [1.29, 1.82) is 0 Å². The monoisotopic (exact) mass is 590 g/mol. The number of carbonyl (C=O) groups is 1. The molecule has 0 saturated carbocycles. The molecule has 0 radical (unpaired) electrons. The number of para-hydroxylation sites is 1. The van der Waals surface area contributed by atoms with E-state index in [0.29, 0.717) is 22.9 Å². The number of nitrogens with one attached hydrogen (secondary N) is 1. The Morgan fingerprint density at radius 1 is 1.05 bits per heavy atom. The number of amides is 1. The average molecular weight is 592 g/mol. The minimum Gasteiger partial charge on any atom is -0.456 e. The summed E-state index contributed by atoms with van der Waals surface area (Å²) in [4.78, 5) is 15.4. The zero-order chi connectivity index (χ0) is 27.3. The summed E-state index contributed by atoms with van der Waals surface area (Å²) in [6, 6.07) is 20.8. The summed E-state index contributed by atoms with van der Waals surface area (Å²) >= 11 is 13.7. The van der Waals surface area contributed by atoms with E-state index in [1.54, 1.807) is 31.3 Å². The second-order valence-electron chi connectivity index (χ2n) is 8.35. The highest BCUT2D eigenvalue weighted by atomic mass is 35.5. The first-order valence-electron chi connectivity index (χ1n) is 11.5. The molecule has 38 heavy (non-hydrogen) atoms. The van der Waals surface area contributed by atoms with Crippen molar-refractivity contribution in [2.75, 3.05) is 18.3 Å². The second kappa shape index (κ2) is 12.2. The van der Waals surface area contributed by atoms with E-state index in [4.69, 9.17) is 27.9 Å². The quantitative estimate of drug-likeness (QED) is 0.211. The molecular formula is C27H24Cl2N2O5S2. The van der Waals surface area contributed by atoms with Crippen LogP contribution in [0.25, 0.3) is 0 Å². The molecule has 1 amide bonds. The molecule has 1 aromatic heterocycles. The lowest BCUT2D eigenvalue weighted by molar-refractivity contribution is 0.0764. The van der Waals surface area contributed by atoms with Crippen LogP contribution in [0, 0.1) is 0 Å². The Kier molecular flexibility index (Phi) is 8.96. The molecule has 0 aliphatic heterocycles. The van der Waals surface area contributed by atoms with Crippen LogP contribution in [0.15, 0.2) is 89.1 Å². The van der Waals surface area contributed by atoms with Gasteiger partial charge in [-0.05, 0) is 72.5 Å². The third-order valence-corrected chi connectivity index (χ3v) is 8.51. The maximum absolute atomic E-state index is 13.2. The Hall–Kier alpha value is -3.08. The van der Waals surface area contributed by atoms with Crippen LogP contribution in [0.5, 0.6) is 11.5 Å². The number of rotatable bonds is 10. The normalized spacial score (nSPS) is 12.1. The highest BCUT2D eigenvalue weighted by Gasteiger charge is 2.22. The van der Waals surface area contributed by atoms with E-state index >= 15 is 0 Å². The van der Waals surface area contributed by atoms with E-state index in [1.807, 2.05) is 17.5 Å². The zero-order valence-electron chi connectivity index (χ0n) is 20.2. The molecule has 0 aliphatic rings. The van der Waals surface area contributed by atoms with Gasteiger partial charge in [-0.25, -0.2) is 8.42 Å². The number of hydrogen-bond donors (Lipinski definition) is 2. The number of ether oxygens (including phenoxy) is 1. The molecule has 4 aromatic rings. The smallest absolute Gasteiger partial charge is 0.261 e. The predicted octanol–water partition coefficient (Wildman–Crippen LogP) is 6.84. The highest BCUT2D eigenvalue weighted by Crippen LogP contribution is 2.30. The van der Waals surface area contributed by atoms with Gasteiger partial charge < -0.3 is 14.7 Å². The van der Waals surface area contributed by atoms with Crippen LogP contribution in [0.1, 0.15) is 27.8 Å². The van der Waals surface area contributed by atoms with Gasteiger partial charge in [0, 0.05) is 23.5 Å². The van der Waals surface area contributed by atoms with Gasteiger partial charge in [-0.1, -0.05) is 41.4 Å². The van der Waals surface area contributed by atoms with E-state index in [9.17, 15) is 18.3 Å². The number of thiophene rings is 1. The summed E-state index contributed by atoms with van der Waals surface area (Å²) in [6.07, 6.45) is -0.375. The van der Waals surface area contributed by atoms with Crippen LogP contribution in [0.3, 0.4) is 0 Å². The third-order valence-electron chi connectivity index (χ3n) is 5.61. The number of aliphatic hydroxyl groups is 1. The first kappa shape index (κ1) is 27.9. The van der Waals surface area contributed by atoms with Gasteiger partial charge in [0.15, 0.2) is 0 Å². The molecule has 0 saturated heterocycles. The van der Waals surface area contributed by atoms with Gasteiger partial charge in [0.1, 0.15) is 11.5 Å². The first-order chi connectivity index (χ1) is 18.1. The van der Waals surface area contributed by atoms with Gasteiger partial charge >= 0.3 is 0 Å². The average Bonchev–Trinajstić information content (AvgIpc) is 3.44. The summed E-state index contributed by atoms with van der Waals surface area (Å²) in [5, 5.41) is 12.9. The Labute approximate surface area is 235 Å². The molecule has 4 rings (SSSR count). The maximum Gasteiger partial charge on any atom is 0.261 e. The molecule has 0 unspecified atom stereocenters. The number of aliphatic hydroxyl groups excluding tert-OH is 1. The number of nitrogens with zero attached hydrogens (tertiary/aromatic N) is 1. The Morgan fingerprint density at radius 3 is 2.47 bits per heavy atom. The van der Waals surface area contributed by atoms with E-state index in [0.717, 1.165) is 4.88 Å². The molecule has 2 N–H and O–H groups in total. The first-order valence-corrected chi connectivity index (χ1v) is 14.6. The fraction of sp³-hybridized carbons (Fsp3) is 0.148. The molecule has 0 fully saturated rings. The minimum atomic E-state index is -4.05. The SMILES string of the molecule is CN(CC[C@H](O)c1cccs1)C(=O)c1cc(Cl)ccc1NS(=O)(=O)c1ccc(Oc2ccccc2Cl)cc1. The fourth-order valence-electron chi connectivity index (χ4n) is 3.57. The molecule has 7 nitrogen and oxygen atoms in total.